The maximum absolute atomic E-state index is 9.70. The molecule has 2 N–H and O–H groups in total. The van der Waals surface area contributed by atoms with Crippen molar-refractivity contribution >= 4 is 0 Å². The second-order valence-electron chi connectivity index (χ2n) is 6.55. The van der Waals surface area contributed by atoms with Crippen molar-refractivity contribution in [3.8, 4) is 0 Å². The summed E-state index contributed by atoms with van der Waals surface area (Å²) in [5, 5.41) is 13.2. The molecule has 0 aliphatic heterocycles. The molecule has 0 bridgehead atoms. The Labute approximate surface area is 101 Å². The molecule has 16 heavy (non-hydrogen) atoms. The quantitative estimate of drug-likeness (QED) is 0.757. The Kier molecular flexibility index (Phi) is 5.26. The van der Waals surface area contributed by atoms with Gasteiger partial charge >= 0.3 is 0 Å². The van der Waals surface area contributed by atoms with E-state index in [9.17, 15) is 5.11 Å². The van der Waals surface area contributed by atoms with E-state index < -0.39 is 5.60 Å². The Morgan fingerprint density at radius 3 is 2.56 bits per heavy atom. The van der Waals surface area contributed by atoms with Crippen molar-refractivity contribution in [2.45, 2.75) is 71.4 Å². The molecule has 0 amide bonds. The monoisotopic (exact) mass is 227 g/mol. The fourth-order valence-corrected chi connectivity index (χ4v) is 2.75. The molecule has 0 aromatic carbocycles. The van der Waals surface area contributed by atoms with E-state index in [2.05, 4.69) is 19.2 Å². The van der Waals surface area contributed by atoms with Crippen molar-refractivity contribution in [2.75, 3.05) is 6.54 Å². The average molecular weight is 227 g/mol. The van der Waals surface area contributed by atoms with E-state index in [0.717, 1.165) is 11.8 Å². The van der Waals surface area contributed by atoms with Crippen molar-refractivity contribution in [3.05, 3.63) is 0 Å². The van der Waals surface area contributed by atoms with Gasteiger partial charge in [-0.2, -0.15) is 0 Å². The van der Waals surface area contributed by atoms with Crippen LogP contribution in [0.25, 0.3) is 0 Å². The molecule has 2 unspecified atom stereocenters. The van der Waals surface area contributed by atoms with Crippen molar-refractivity contribution in [1.82, 2.24) is 5.32 Å². The zero-order valence-corrected chi connectivity index (χ0v) is 11.4. The molecule has 0 saturated heterocycles. The molecule has 2 nitrogen and oxygen atoms in total. The zero-order valence-electron chi connectivity index (χ0n) is 11.4. The average Bonchev–Trinajstić information content (AvgIpc) is 2.13. The fraction of sp³-hybridized carbons (Fsp3) is 1.00. The molecule has 96 valence electrons. The van der Waals surface area contributed by atoms with Crippen molar-refractivity contribution in [1.29, 1.82) is 0 Å². The summed E-state index contributed by atoms with van der Waals surface area (Å²) in [5.41, 5.74) is -0.578. The maximum Gasteiger partial charge on any atom is 0.0715 e. The van der Waals surface area contributed by atoms with Crippen molar-refractivity contribution < 1.29 is 5.11 Å². The van der Waals surface area contributed by atoms with Crippen LogP contribution in [-0.2, 0) is 0 Å². The highest BCUT2D eigenvalue weighted by atomic mass is 16.3. The highest BCUT2D eigenvalue weighted by Gasteiger charge is 2.23. The van der Waals surface area contributed by atoms with Crippen LogP contribution < -0.4 is 5.32 Å². The molecule has 1 saturated carbocycles. The zero-order chi connectivity index (χ0) is 12.2. The van der Waals surface area contributed by atoms with Gasteiger partial charge in [-0.3, -0.25) is 0 Å². The molecule has 0 spiro atoms. The minimum atomic E-state index is -0.578. The Hall–Kier alpha value is -0.0800. The first-order chi connectivity index (χ1) is 7.37. The largest absolute Gasteiger partial charge is 0.389 e. The van der Waals surface area contributed by atoms with Gasteiger partial charge in [-0.05, 0) is 44.9 Å². The number of aliphatic hydroxyl groups is 1. The van der Waals surface area contributed by atoms with E-state index in [1.54, 1.807) is 0 Å². The predicted octanol–water partition coefficient (Wildman–Crippen LogP) is 2.95. The predicted molar refractivity (Wildman–Crippen MR) is 69.5 cm³/mol. The van der Waals surface area contributed by atoms with Gasteiger partial charge < -0.3 is 10.4 Å². The van der Waals surface area contributed by atoms with Crippen LogP contribution in [-0.4, -0.2) is 23.3 Å². The number of nitrogens with one attached hydrogen (secondary N) is 1. The highest BCUT2D eigenvalue weighted by Crippen LogP contribution is 2.29. The molecule has 1 fully saturated rings. The van der Waals surface area contributed by atoms with Crippen molar-refractivity contribution in [3.63, 3.8) is 0 Å². The second kappa shape index (κ2) is 6.02. The van der Waals surface area contributed by atoms with Gasteiger partial charge in [-0.1, -0.05) is 26.7 Å². The molecule has 0 aromatic heterocycles. The highest BCUT2D eigenvalue weighted by molar-refractivity contribution is 4.81. The topological polar surface area (TPSA) is 32.3 Å². The van der Waals surface area contributed by atoms with Crippen LogP contribution in [0.3, 0.4) is 0 Å². The van der Waals surface area contributed by atoms with Gasteiger partial charge in [-0.15, -0.1) is 0 Å². The lowest BCUT2D eigenvalue weighted by atomic mass is 9.81. The Morgan fingerprint density at radius 1 is 1.31 bits per heavy atom. The van der Waals surface area contributed by atoms with E-state index in [1.165, 1.54) is 32.1 Å². The third kappa shape index (κ3) is 5.86. The molecule has 0 radical (unpaired) electrons. The summed E-state index contributed by atoms with van der Waals surface area (Å²) in [4.78, 5) is 0. The van der Waals surface area contributed by atoms with Gasteiger partial charge in [-0.25, -0.2) is 0 Å². The lowest BCUT2D eigenvalue weighted by molar-refractivity contribution is 0.0725. The van der Waals surface area contributed by atoms with E-state index in [0.29, 0.717) is 12.6 Å². The second-order valence-corrected chi connectivity index (χ2v) is 6.55. The summed E-state index contributed by atoms with van der Waals surface area (Å²) < 4.78 is 0. The van der Waals surface area contributed by atoms with Gasteiger partial charge in [0.15, 0.2) is 0 Å². The summed E-state index contributed by atoms with van der Waals surface area (Å²) in [6.07, 6.45) is 6.69. The third-order valence-corrected chi connectivity index (χ3v) is 3.41. The lowest BCUT2D eigenvalue weighted by Crippen LogP contribution is -2.42. The minimum Gasteiger partial charge on any atom is -0.389 e. The first-order valence-corrected chi connectivity index (χ1v) is 6.82. The van der Waals surface area contributed by atoms with Gasteiger partial charge in [0.05, 0.1) is 5.60 Å². The van der Waals surface area contributed by atoms with Gasteiger partial charge in [0.1, 0.15) is 0 Å². The first kappa shape index (κ1) is 14.0. The van der Waals surface area contributed by atoms with Gasteiger partial charge in [0, 0.05) is 12.6 Å². The van der Waals surface area contributed by atoms with E-state index in [1.807, 2.05) is 13.8 Å². The number of hydrogen-bond donors (Lipinski definition) is 2. The van der Waals surface area contributed by atoms with E-state index in [4.69, 9.17) is 0 Å². The summed E-state index contributed by atoms with van der Waals surface area (Å²) in [7, 11) is 0. The maximum atomic E-state index is 9.70. The van der Waals surface area contributed by atoms with Crippen LogP contribution in [0, 0.1) is 11.8 Å². The first-order valence-electron chi connectivity index (χ1n) is 6.82. The molecule has 1 rings (SSSR count). The third-order valence-electron chi connectivity index (χ3n) is 3.41. The van der Waals surface area contributed by atoms with Gasteiger partial charge in [0.2, 0.25) is 0 Å². The Balaban J connectivity index is 2.27. The molecule has 1 aliphatic rings. The Bertz CT molecular complexity index is 195. The molecule has 1 aliphatic carbocycles. The van der Waals surface area contributed by atoms with Crippen molar-refractivity contribution in [2.24, 2.45) is 11.8 Å². The SMILES string of the molecule is CC(C)CC1CCCC(NCC(C)(C)O)C1. The molecular formula is C14H29NO. The van der Waals surface area contributed by atoms with Crippen LogP contribution in [0.1, 0.15) is 59.8 Å². The Morgan fingerprint density at radius 2 is 2.00 bits per heavy atom. The molecule has 2 atom stereocenters. The standard InChI is InChI=1S/C14H29NO/c1-11(2)8-12-6-5-7-13(9-12)15-10-14(3,4)16/h11-13,15-16H,5-10H2,1-4H3. The van der Waals surface area contributed by atoms with E-state index in [-0.39, 0.29) is 0 Å². The van der Waals surface area contributed by atoms with Gasteiger partial charge in [0.25, 0.3) is 0 Å². The lowest BCUT2D eigenvalue weighted by Gasteiger charge is -2.32. The van der Waals surface area contributed by atoms with Crippen LogP contribution in [0.5, 0.6) is 0 Å². The van der Waals surface area contributed by atoms with Crippen LogP contribution in [0.15, 0.2) is 0 Å². The summed E-state index contributed by atoms with van der Waals surface area (Å²) in [5.74, 6) is 1.71. The number of rotatable bonds is 5. The smallest absolute Gasteiger partial charge is 0.0715 e. The minimum absolute atomic E-state index is 0.578. The summed E-state index contributed by atoms with van der Waals surface area (Å²) in [6.45, 7) is 9.08. The molecule has 0 aromatic rings. The van der Waals surface area contributed by atoms with Crippen LogP contribution in [0.2, 0.25) is 0 Å². The number of hydrogen-bond acceptors (Lipinski definition) is 2. The fourth-order valence-electron chi connectivity index (χ4n) is 2.75. The summed E-state index contributed by atoms with van der Waals surface area (Å²) in [6, 6.07) is 0.629. The van der Waals surface area contributed by atoms with Crippen LogP contribution >= 0.6 is 0 Å². The molecular weight excluding hydrogens is 198 g/mol. The molecule has 2 heteroatoms. The summed E-state index contributed by atoms with van der Waals surface area (Å²) >= 11 is 0. The van der Waals surface area contributed by atoms with E-state index >= 15 is 0 Å². The molecule has 0 heterocycles. The normalized spacial score (nSPS) is 27.4. The van der Waals surface area contributed by atoms with Crippen LogP contribution in [0.4, 0.5) is 0 Å².